The molecule has 4 nitrogen and oxygen atoms in total. The third-order valence-electron chi connectivity index (χ3n) is 3.97. The summed E-state index contributed by atoms with van der Waals surface area (Å²) in [5.74, 6) is 5.51. The van der Waals surface area contributed by atoms with Gasteiger partial charge in [-0.25, -0.2) is 4.39 Å². The number of nitrogens with two attached hydrogens (primary N) is 1. The third kappa shape index (κ3) is 4.23. The first-order valence-electron chi connectivity index (χ1n) is 7.22. The Bertz CT molecular complexity index is 441. The Morgan fingerprint density at radius 1 is 1.43 bits per heavy atom. The maximum Gasteiger partial charge on any atom is 0.124 e. The van der Waals surface area contributed by atoms with Crippen LogP contribution >= 0.6 is 15.9 Å². The zero-order valence-electron chi connectivity index (χ0n) is 12.2. The van der Waals surface area contributed by atoms with Gasteiger partial charge in [0.05, 0.1) is 11.6 Å². The van der Waals surface area contributed by atoms with Crippen molar-refractivity contribution in [3.8, 4) is 0 Å². The van der Waals surface area contributed by atoms with Crippen molar-refractivity contribution < 1.29 is 13.9 Å². The standard InChI is InChI=1S/C15H22BrFN2O2/c1-2-21-15(3-5-20-6-4-15)14(19-18)9-11-7-12(16)10-13(17)8-11/h7-8,10,14,19H,2-6,9,18H2,1H3. The molecule has 0 aromatic heterocycles. The van der Waals surface area contributed by atoms with Gasteiger partial charge < -0.3 is 9.47 Å². The molecule has 118 valence electrons. The minimum atomic E-state index is -0.361. The molecule has 0 saturated carbocycles. The molecule has 1 aliphatic rings. The van der Waals surface area contributed by atoms with Crippen molar-refractivity contribution in [2.24, 2.45) is 5.84 Å². The van der Waals surface area contributed by atoms with E-state index in [-0.39, 0.29) is 17.5 Å². The zero-order valence-corrected chi connectivity index (χ0v) is 13.8. The Kier molecular flexibility index (Phi) is 6.13. The fraction of sp³-hybridized carbons (Fsp3) is 0.600. The van der Waals surface area contributed by atoms with Crippen molar-refractivity contribution in [2.45, 2.75) is 37.8 Å². The van der Waals surface area contributed by atoms with E-state index in [2.05, 4.69) is 21.4 Å². The Labute approximate surface area is 133 Å². The van der Waals surface area contributed by atoms with Gasteiger partial charge in [-0.15, -0.1) is 0 Å². The summed E-state index contributed by atoms with van der Waals surface area (Å²) < 4.78 is 25.7. The van der Waals surface area contributed by atoms with Gasteiger partial charge >= 0.3 is 0 Å². The molecule has 1 saturated heterocycles. The minimum Gasteiger partial charge on any atom is -0.381 e. The van der Waals surface area contributed by atoms with E-state index in [9.17, 15) is 4.39 Å². The Hall–Kier alpha value is -0.530. The van der Waals surface area contributed by atoms with Crippen LogP contribution in [0.25, 0.3) is 0 Å². The van der Waals surface area contributed by atoms with E-state index in [1.807, 2.05) is 13.0 Å². The quantitative estimate of drug-likeness (QED) is 0.604. The highest BCUT2D eigenvalue weighted by atomic mass is 79.9. The highest BCUT2D eigenvalue weighted by Gasteiger charge is 2.40. The highest BCUT2D eigenvalue weighted by Crippen LogP contribution is 2.31. The number of halogens is 2. The molecule has 0 bridgehead atoms. The van der Waals surface area contributed by atoms with Crippen LogP contribution in [0.15, 0.2) is 22.7 Å². The summed E-state index contributed by atoms with van der Waals surface area (Å²) in [5, 5.41) is 0. The SMILES string of the molecule is CCOC1(C(Cc2cc(F)cc(Br)c2)NN)CCOCC1. The van der Waals surface area contributed by atoms with E-state index in [0.717, 1.165) is 22.9 Å². The second-order valence-corrected chi connectivity index (χ2v) is 6.23. The maximum absolute atomic E-state index is 13.5. The van der Waals surface area contributed by atoms with Crippen LogP contribution in [0.2, 0.25) is 0 Å². The Morgan fingerprint density at radius 3 is 2.71 bits per heavy atom. The van der Waals surface area contributed by atoms with Gasteiger partial charge in [-0.2, -0.15) is 0 Å². The number of ether oxygens (including phenoxy) is 2. The molecule has 3 N–H and O–H groups in total. The molecular weight excluding hydrogens is 339 g/mol. The number of hydrogen-bond acceptors (Lipinski definition) is 4. The first kappa shape index (κ1) is 16.8. The molecule has 0 radical (unpaired) electrons. The molecule has 1 atom stereocenters. The first-order valence-corrected chi connectivity index (χ1v) is 8.02. The second kappa shape index (κ2) is 7.65. The van der Waals surface area contributed by atoms with Gasteiger partial charge in [0.1, 0.15) is 5.82 Å². The van der Waals surface area contributed by atoms with Crippen LogP contribution in [-0.2, 0) is 15.9 Å². The monoisotopic (exact) mass is 360 g/mol. The molecule has 1 aromatic carbocycles. The van der Waals surface area contributed by atoms with Crippen LogP contribution in [-0.4, -0.2) is 31.5 Å². The van der Waals surface area contributed by atoms with Crippen LogP contribution < -0.4 is 11.3 Å². The van der Waals surface area contributed by atoms with Crippen LogP contribution in [0, 0.1) is 5.82 Å². The van der Waals surface area contributed by atoms with Gasteiger partial charge in [0.25, 0.3) is 0 Å². The van der Waals surface area contributed by atoms with Crippen molar-refractivity contribution in [3.05, 3.63) is 34.1 Å². The highest BCUT2D eigenvalue weighted by molar-refractivity contribution is 9.10. The van der Waals surface area contributed by atoms with Crippen molar-refractivity contribution in [1.82, 2.24) is 5.43 Å². The summed E-state index contributed by atoms with van der Waals surface area (Å²) >= 11 is 3.32. The van der Waals surface area contributed by atoms with Crippen LogP contribution in [0.4, 0.5) is 4.39 Å². The molecule has 1 aromatic rings. The average Bonchev–Trinajstić information content (AvgIpc) is 2.45. The van der Waals surface area contributed by atoms with Crippen molar-refractivity contribution in [1.29, 1.82) is 0 Å². The molecule has 1 unspecified atom stereocenters. The molecule has 6 heteroatoms. The molecule has 0 aliphatic carbocycles. The fourth-order valence-corrected chi connectivity index (χ4v) is 3.47. The summed E-state index contributed by atoms with van der Waals surface area (Å²) in [6, 6.07) is 4.80. The molecule has 1 aliphatic heterocycles. The lowest BCUT2D eigenvalue weighted by Crippen LogP contribution is -2.58. The molecular formula is C15H22BrFN2O2. The van der Waals surface area contributed by atoms with Gasteiger partial charge in [0.15, 0.2) is 0 Å². The van der Waals surface area contributed by atoms with Gasteiger partial charge in [-0.1, -0.05) is 15.9 Å². The number of nitrogens with one attached hydrogen (secondary N) is 1. The van der Waals surface area contributed by atoms with Crippen LogP contribution in [0.3, 0.4) is 0 Å². The van der Waals surface area contributed by atoms with Crippen molar-refractivity contribution >= 4 is 15.9 Å². The van der Waals surface area contributed by atoms with Gasteiger partial charge in [0, 0.05) is 37.1 Å². The van der Waals surface area contributed by atoms with E-state index >= 15 is 0 Å². The zero-order chi connectivity index (χ0) is 15.3. The average molecular weight is 361 g/mol. The summed E-state index contributed by atoms with van der Waals surface area (Å²) in [4.78, 5) is 0. The van der Waals surface area contributed by atoms with Gasteiger partial charge in [0.2, 0.25) is 0 Å². The Balaban J connectivity index is 2.19. The molecule has 0 amide bonds. The molecule has 0 spiro atoms. The number of hydrazine groups is 1. The topological polar surface area (TPSA) is 56.5 Å². The molecule has 2 rings (SSSR count). The van der Waals surface area contributed by atoms with Crippen LogP contribution in [0.5, 0.6) is 0 Å². The predicted molar refractivity (Wildman–Crippen MR) is 83.3 cm³/mol. The normalized spacial score (nSPS) is 19.4. The van der Waals surface area contributed by atoms with E-state index < -0.39 is 0 Å². The van der Waals surface area contributed by atoms with Gasteiger partial charge in [-0.3, -0.25) is 11.3 Å². The van der Waals surface area contributed by atoms with E-state index in [1.165, 1.54) is 12.1 Å². The lowest BCUT2D eigenvalue weighted by Gasteiger charge is -2.43. The number of benzene rings is 1. The minimum absolute atomic E-state index is 0.0879. The third-order valence-corrected chi connectivity index (χ3v) is 4.43. The fourth-order valence-electron chi connectivity index (χ4n) is 2.96. The lowest BCUT2D eigenvalue weighted by molar-refractivity contribution is -0.126. The Morgan fingerprint density at radius 2 is 2.14 bits per heavy atom. The maximum atomic E-state index is 13.5. The van der Waals surface area contributed by atoms with E-state index in [1.54, 1.807) is 0 Å². The number of rotatable bonds is 6. The summed E-state index contributed by atoms with van der Waals surface area (Å²) in [7, 11) is 0. The smallest absolute Gasteiger partial charge is 0.124 e. The summed E-state index contributed by atoms with van der Waals surface area (Å²) in [6.45, 7) is 3.91. The first-order chi connectivity index (χ1) is 10.1. The van der Waals surface area contributed by atoms with Crippen molar-refractivity contribution in [2.75, 3.05) is 19.8 Å². The predicted octanol–water partition coefficient (Wildman–Crippen LogP) is 2.55. The van der Waals surface area contributed by atoms with Crippen LogP contribution in [0.1, 0.15) is 25.3 Å². The van der Waals surface area contributed by atoms with E-state index in [4.69, 9.17) is 15.3 Å². The number of hydrogen-bond donors (Lipinski definition) is 2. The molecule has 1 fully saturated rings. The van der Waals surface area contributed by atoms with E-state index in [0.29, 0.717) is 26.2 Å². The largest absolute Gasteiger partial charge is 0.381 e. The molecule has 21 heavy (non-hydrogen) atoms. The summed E-state index contributed by atoms with van der Waals surface area (Å²) in [6.07, 6.45) is 2.17. The van der Waals surface area contributed by atoms with Crippen molar-refractivity contribution in [3.63, 3.8) is 0 Å². The summed E-state index contributed by atoms with van der Waals surface area (Å²) in [5.41, 5.74) is 3.39. The second-order valence-electron chi connectivity index (χ2n) is 5.31. The molecule has 1 heterocycles. The lowest BCUT2D eigenvalue weighted by atomic mass is 9.83. The van der Waals surface area contributed by atoms with Gasteiger partial charge in [-0.05, 0) is 37.1 Å².